The highest BCUT2D eigenvalue weighted by Crippen LogP contribution is 2.21. The zero-order valence-corrected chi connectivity index (χ0v) is 21.2. The molecule has 36 heavy (non-hydrogen) atoms. The Labute approximate surface area is 214 Å². The molecule has 1 aliphatic rings. The maximum atomic E-state index is 12.1. The smallest absolute Gasteiger partial charge is 0.227 e. The molecule has 1 amide bonds. The first-order valence-electron chi connectivity index (χ1n) is 12.9. The van der Waals surface area contributed by atoms with Crippen molar-refractivity contribution in [3.8, 4) is 0 Å². The van der Waals surface area contributed by atoms with E-state index < -0.39 is 6.10 Å². The second kappa shape index (κ2) is 15.2. The molecule has 3 aromatic rings. The van der Waals surface area contributed by atoms with Crippen LogP contribution in [0.2, 0.25) is 0 Å². The number of anilines is 1. The normalized spacial score (nSPS) is 14.1. The van der Waals surface area contributed by atoms with Crippen molar-refractivity contribution < 1.29 is 19.4 Å². The summed E-state index contributed by atoms with van der Waals surface area (Å²) < 4.78 is 5.69. The molecule has 4 rings (SSSR count). The SMILES string of the molecule is C1CCCCC1.CN(CCC(=O)Nc1ccc(CO)cc1)CCc1cnc(C(O)c2ccccc2)o1. The Morgan fingerprint density at radius 3 is 2.25 bits per heavy atom. The van der Waals surface area contributed by atoms with Gasteiger partial charge in [0.2, 0.25) is 11.8 Å². The number of hydrogen-bond donors (Lipinski definition) is 3. The van der Waals surface area contributed by atoms with Gasteiger partial charge in [0, 0.05) is 31.6 Å². The van der Waals surface area contributed by atoms with E-state index in [0.717, 1.165) is 11.1 Å². The number of amides is 1. The van der Waals surface area contributed by atoms with Gasteiger partial charge in [0.25, 0.3) is 0 Å². The van der Waals surface area contributed by atoms with E-state index in [-0.39, 0.29) is 18.4 Å². The topological polar surface area (TPSA) is 98.8 Å². The molecule has 3 N–H and O–H groups in total. The number of aliphatic hydroxyl groups excluding tert-OH is 2. The Balaban J connectivity index is 0.000000526. The maximum Gasteiger partial charge on any atom is 0.227 e. The van der Waals surface area contributed by atoms with Crippen molar-refractivity contribution in [2.24, 2.45) is 0 Å². The molecule has 0 bridgehead atoms. The molecule has 1 saturated carbocycles. The van der Waals surface area contributed by atoms with Crippen LogP contribution < -0.4 is 5.32 Å². The number of benzene rings is 2. The van der Waals surface area contributed by atoms with E-state index in [2.05, 4.69) is 10.3 Å². The van der Waals surface area contributed by atoms with Crippen molar-refractivity contribution in [3.63, 3.8) is 0 Å². The molecule has 0 radical (unpaired) electrons. The van der Waals surface area contributed by atoms with Crippen molar-refractivity contribution in [1.82, 2.24) is 9.88 Å². The van der Waals surface area contributed by atoms with Gasteiger partial charge in [-0.15, -0.1) is 0 Å². The van der Waals surface area contributed by atoms with Crippen molar-refractivity contribution in [2.45, 2.75) is 64.1 Å². The van der Waals surface area contributed by atoms with Crippen LogP contribution in [0.1, 0.15) is 73.8 Å². The predicted molar refractivity (Wildman–Crippen MR) is 142 cm³/mol. The molecule has 0 spiro atoms. The number of rotatable bonds is 10. The number of likely N-dealkylation sites (N-methyl/N-ethyl adjacent to an activating group) is 1. The van der Waals surface area contributed by atoms with Gasteiger partial charge in [-0.05, 0) is 30.3 Å². The molecular weight excluding hydrogens is 454 g/mol. The van der Waals surface area contributed by atoms with Gasteiger partial charge >= 0.3 is 0 Å². The van der Waals surface area contributed by atoms with Gasteiger partial charge in [-0.25, -0.2) is 4.98 Å². The Hall–Kier alpha value is -3.00. The van der Waals surface area contributed by atoms with Gasteiger partial charge in [0.05, 0.1) is 12.8 Å². The summed E-state index contributed by atoms with van der Waals surface area (Å²) in [7, 11) is 1.94. The Morgan fingerprint density at radius 2 is 1.64 bits per heavy atom. The lowest BCUT2D eigenvalue weighted by Crippen LogP contribution is -2.26. The molecule has 1 atom stereocenters. The third-order valence-corrected chi connectivity index (χ3v) is 6.30. The van der Waals surface area contributed by atoms with E-state index in [0.29, 0.717) is 37.4 Å². The molecule has 7 heteroatoms. The third-order valence-electron chi connectivity index (χ3n) is 6.30. The first-order valence-corrected chi connectivity index (χ1v) is 12.9. The molecule has 1 aliphatic carbocycles. The number of nitrogens with zero attached hydrogens (tertiary/aromatic N) is 2. The fourth-order valence-electron chi connectivity index (χ4n) is 4.03. The van der Waals surface area contributed by atoms with Crippen LogP contribution in [0.15, 0.2) is 65.2 Å². The molecule has 0 saturated heterocycles. The number of aromatic nitrogens is 1. The number of oxazole rings is 1. The highest BCUT2D eigenvalue weighted by Gasteiger charge is 2.16. The highest BCUT2D eigenvalue weighted by atomic mass is 16.4. The monoisotopic (exact) mass is 493 g/mol. The molecule has 1 heterocycles. The molecule has 0 aliphatic heterocycles. The molecule has 1 unspecified atom stereocenters. The van der Waals surface area contributed by atoms with E-state index in [9.17, 15) is 9.90 Å². The van der Waals surface area contributed by atoms with E-state index in [1.54, 1.807) is 30.5 Å². The third kappa shape index (κ3) is 9.57. The number of carbonyl (C=O) groups excluding carboxylic acids is 1. The van der Waals surface area contributed by atoms with Gasteiger partial charge in [0.1, 0.15) is 5.76 Å². The van der Waals surface area contributed by atoms with Gasteiger partial charge in [-0.3, -0.25) is 4.79 Å². The minimum Gasteiger partial charge on any atom is -0.442 e. The standard InChI is InChI=1S/C23H27N3O4.C6H12/c1-26(14-12-21(28)25-19-9-7-17(16-27)8-10-19)13-11-20-15-24-23(30-20)22(29)18-5-3-2-4-6-18;1-2-4-6-5-3-1/h2-10,15,22,27,29H,11-14,16H2,1H3,(H,25,28);1-6H2. The second-order valence-electron chi connectivity index (χ2n) is 9.31. The average Bonchev–Trinajstić information content (AvgIpc) is 3.42. The summed E-state index contributed by atoms with van der Waals surface area (Å²) in [4.78, 5) is 18.3. The predicted octanol–water partition coefficient (Wildman–Crippen LogP) is 5.09. The van der Waals surface area contributed by atoms with Crippen LogP contribution >= 0.6 is 0 Å². The summed E-state index contributed by atoms with van der Waals surface area (Å²) in [6.45, 7) is 1.29. The summed E-state index contributed by atoms with van der Waals surface area (Å²) in [6, 6.07) is 16.4. The van der Waals surface area contributed by atoms with Crippen molar-refractivity contribution in [2.75, 3.05) is 25.5 Å². The first kappa shape index (κ1) is 27.6. The van der Waals surface area contributed by atoms with Crippen LogP contribution in [-0.2, 0) is 17.8 Å². The van der Waals surface area contributed by atoms with Crippen molar-refractivity contribution >= 4 is 11.6 Å². The molecular formula is C29H39N3O4. The fraction of sp³-hybridized carbons (Fsp3) is 0.448. The first-order chi connectivity index (χ1) is 17.5. The number of carbonyl (C=O) groups is 1. The lowest BCUT2D eigenvalue weighted by molar-refractivity contribution is -0.116. The van der Waals surface area contributed by atoms with E-state index >= 15 is 0 Å². The van der Waals surface area contributed by atoms with Crippen LogP contribution in [0.5, 0.6) is 0 Å². The van der Waals surface area contributed by atoms with Crippen LogP contribution in [0.25, 0.3) is 0 Å². The van der Waals surface area contributed by atoms with Gasteiger partial charge in [0.15, 0.2) is 6.10 Å². The van der Waals surface area contributed by atoms with E-state index in [4.69, 9.17) is 9.52 Å². The van der Waals surface area contributed by atoms with Gasteiger partial charge < -0.3 is 24.8 Å². The minimum absolute atomic E-state index is 0.0169. The maximum absolute atomic E-state index is 12.1. The molecule has 1 fully saturated rings. The summed E-state index contributed by atoms with van der Waals surface area (Å²) in [5.74, 6) is 0.914. The number of hydrogen-bond acceptors (Lipinski definition) is 6. The van der Waals surface area contributed by atoms with E-state index in [1.165, 1.54) is 38.5 Å². The van der Waals surface area contributed by atoms with Crippen molar-refractivity contribution in [1.29, 1.82) is 0 Å². The summed E-state index contributed by atoms with van der Waals surface area (Å²) >= 11 is 0. The van der Waals surface area contributed by atoms with E-state index in [1.807, 2.05) is 42.3 Å². The van der Waals surface area contributed by atoms with Gasteiger partial charge in [-0.2, -0.15) is 0 Å². The Kier molecular flexibility index (Phi) is 11.6. The van der Waals surface area contributed by atoms with Gasteiger partial charge in [-0.1, -0.05) is 81.0 Å². The van der Waals surface area contributed by atoms with Crippen LogP contribution in [0.3, 0.4) is 0 Å². The number of aliphatic hydroxyl groups is 2. The summed E-state index contributed by atoms with van der Waals surface area (Å²) in [5, 5.41) is 22.3. The Bertz CT molecular complexity index is 1010. The lowest BCUT2D eigenvalue weighted by Gasteiger charge is -2.15. The quantitative estimate of drug-likeness (QED) is 0.364. The van der Waals surface area contributed by atoms with Crippen molar-refractivity contribution in [3.05, 3.63) is 83.6 Å². The summed E-state index contributed by atoms with van der Waals surface area (Å²) in [6.07, 6.45) is 10.8. The largest absolute Gasteiger partial charge is 0.442 e. The molecule has 1 aromatic heterocycles. The molecule has 7 nitrogen and oxygen atoms in total. The van der Waals surface area contributed by atoms with Crippen LogP contribution in [-0.4, -0.2) is 46.1 Å². The minimum atomic E-state index is -0.882. The zero-order valence-electron chi connectivity index (χ0n) is 21.2. The fourth-order valence-corrected chi connectivity index (χ4v) is 4.03. The molecule has 194 valence electrons. The average molecular weight is 494 g/mol. The van der Waals surface area contributed by atoms with Crippen LogP contribution in [0.4, 0.5) is 5.69 Å². The zero-order chi connectivity index (χ0) is 25.6. The summed E-state index contributed by atoms with van der Waals surface area (Å²) in [5.41, 5.74) is 2.26. The Morgan fingerprint density at radius 1 is 1.00 bits per heavy atom. The second-order valence-corrected chi connectivity index (χ2v) is 9.31. The van der Waals surface area contributed by atoms with Crippen LogP contribution in [0, 0.1) is 0 Å². The molecule has 2 aromatic carbocycles. The lowest BCUT2D eigenvalue weighted by atomic mass is 10.0. The highest BCUT2D eigenvalue weighted by molar-refractivity contribution is 5.90. The number of nitrogens with one attached hydrogen (secondary N) is 1.